The third kappa shape index (κ3) is 2.39. The molecule has 0 unspecified atom stereocenters. The van der Waals surface area contributed by atoms with Gasteiger partial charge in [-0.1, -0.05) is 12.1 Å². The first-order valence-corrected chi connectivity index (χ1v) is 5.94. The standard InChI is InChI=1S/C12H13FN2S/c1-8-5-10(6-9(2)11(8)13)7-15-12-14-3-4-16-12/h3-6H,7H2,1-2H3,(H,14,15). The third-order valence-corrected chi connectivity index (χ3v) is 3.10. The Bertz CT molecular complexity index is 457. The van der Waals surface area contributed by atoms with Gasteiger partial charge in [0.15, 0.2) is 5.13 Å². The topological polar surface area (TPSA) is 24.9 Å². The number of benzene rings is 1. The number of aromatic nitrogens is 1. The molecule has 0 radical (unpaired) electrons. The van der Waals surface area contributed by atoms with E-state index in [2.05, 4.69) is 10.3 Å². The average Bonchev–Trinajstić information content (AvgIpc) is 2.75. The van der Waals surface area contributed by atoms with Crippen molar-refractivity contribution in [2.45, 2.75) is 20.4 Å². The highest BCUT2D eigenvalue weighted by Gasteiger charge is 2.04. The number of nitrogens with one attached hydrogen (secondary N) is 1. The quantitative estimate of drug-likeness (QED) is 0.882. The van der Waals surface area contributed by atoms with Gasteiger partial charge < -0.3 is 5.32 Å². The Kier molecular flexibility index (Phi) is 3.19. The molecule has 0 spiro atoms. The molecule has 0 aliphatic carbocycles. The van der Waals surface area contributed by atoms with E-state index in [9.17, 15) is 4.39 Å². The number of nitrogens with zero attached hydrogens (tertiary/aromatic N) is 1. The highest BCUT2D eigenvalue weighted by atomic mass is 32.1. The minimum atomic E-state index is -0.113. The average molecular weight is 236 g/mol. The zero-order valence-electron chi connectivity index (χ0n) is 9.25. The summed E-state index contributed by atoms with van der Waals surface area (Å²) in [6.45, 7) is 4.25. The van der Waals surface area contributed by atoms with Crippen LogP contribution in [0.5, 0.6) is 0 Å². The van der Waals surface area contributed by atoms with Gasteiger partial charge in [0.05, 0.1) is 0 Å². The minimum Gasteiger partial charge on any atom is -0.357 e. The molecule has 1 aromatic carbocycles. The Morgan fingerprint density at radius 2 is 2.00 bits per heavy atom. The third-order valence-electron chi connectivity index (χ3n) is 2.37. The Hall–Kier alpha value is -1.42. The summed E-state index contributed by atoms with van der Waals surface area (Å²) in [5.41, 5.74) is 2.46. The van der Waals surface area contributed by atoms with E-state index in [0.717, 1.165) is 10.7 Å². The summed E-state index contributed by atoms with van der Waals surface area (Å²) in [5.74, 6) is -0.113. The Balaban J connectivity index is 2.10. The molecule has 0 saturated heterocycles. The molecule has 0 aliphatic rings. The lowest BCUT2D eigenvalue weighted by molar-refractivity contribution is 0.608. The summed E-state index contributed by atoms with van der Waals surface area (Å²) in [4.78, 5) is 4.13. The molecule has 0 saturated carbocycles. The van der Waals surface area contributed by atoms with Crippen molar-refractivity contribution in [3.05, 3.63) is 46.2 Å². The fourth-order valence-corrected chi connectivity index (χ4v) is 2.15. The molecule has 2 nitrogen and oxygen atoms in total. The zero-order chi connectivity index (χ0) is 11.5. The summed E-state index contributed by atoms with van der Waals surface area (Å²) in [6, 6.07) is 3.73. The SMILES string of the molecule is Cc1cc(CNc2nccs2)cc(C)c1F. The molecule has 2 rings (SSSR count). The van der Waals surface area contributed by atoms with Gasteiger partial charge in [-0.2, -0.15) is 0 Å². The van der Waals surface area contributed by atoms with E-state index in [4.69, 9.17) is 0 Å². The van der Waals surface area contributed by atoms with E-state index in [1.54, 1.807) is 31.4 Å². The van der Waals surface area contributed by atoms with Crippen LogP contribution >= 0.6 is 11.3 Å². The maximum Gasteiger partial charge on any atom is 0.182 e. The molecule has 1 N–H and O–H groups in total. The highest BCUT2D eigenvalue weighted by molar-refractivity contribution is 7.13. The van der Waals surface area contributed by atoms with E-state index in [1.807, 2.05) is 17.5 Å². The number of rotatable bonds is 3. The van der Waals surface area contributed by atoms with Crippen molar-refractivity contribution >= 4 is 16.5 Å². The molecule has 0 fully saturated rings. The second-order valence-electron chi connectivity index (χ2n) is 3.73. The first-order chi connectivity index (χ1) is 7.66. The first kappa shape index (κ1) is 11.1. The number of hydrogen-bond donors (Lipinski definition) is 1. The highest BCUT2D eigenvalue weighted by Crippen LogP contribution is 2.17. The lowest BCUT2D eigenvalue weighted by Gasteiger charge is -2.07. The van der Waals surface area contributed by atoms with Crippen molar-refractivity contribution in [3.63, 3.8) is 0 Å². The maximum absolute atomic E-state index is 13.4. The van der Waals surface area contributed by atoms with Crippen LogP contribution in [0.4, 0.5) is 9.52 Å². The summed E-state index contributed by atoms with van der Waals surface area (Å²) < 4.78 is 13.4. The predicted molar refractivity (Wildman–Crippen MR) is 65.3 cm³/mol. The first-order valence-electron chi connectivity index (χ1n) is 5.06. The van der Waals surface area contributed by atoms with Crippen LogP contribution in [0.3, 0.4) is 0 Å². The number of thiazole rings is 1. The summed E-state index contributed by atoms with van der Waals surface area (Å²) in [5, 5.41) is 6.01. The van der Waals surface area contributed by atoms with Crippen molar-refractivity contribution < 1.29 is 4.39 Å². The molecular weight excluding hydrogens is 223 g/mol. The number of aryl methyl sites for hydroxylation is 2. The van der Waals surface area contributed by atoms with Gasteiger partial charge >= 0.3 is 0 Å². The monoisotopic (exact) mass is 236 g/mol. The van der Waals surface area contributed by atoms with E-state index < -0.39 is 0 Å². The van der Waals surface area contributed by atoms with Gasteiger partial charge in [0.2, 0.25) is 0 Å². The summed E-state index contributed by atoms with van der Waals surface area (Å²) in [7, 11) is 0. The fraction of sp³-hybridized carbons (Fsp3) is 0.250. The molecular formula is C12H13FN2S. The number of halogens is 1. The molecule has 4 heteroatoms. The summed E-state index contributed by atoms with van der Waals surface area (Å²) in [6.07, 6.45) is 1.76. The van der Waals surface area contributed by atoms with Crippen molar-refractivity contribution in [3.8, 4) is 0 Å². The van der Waals surface area contributed by atoms with Crippen molar-refractivity contribution in [2.75, 3.05) is 5.32 Å². The zero-order valence-corrected chi connectivity index (χ0v) is 10.1. The lowest BCUT2D eigenvalue weighted by Crippen LogP contribution is -2.01. The van der Waals surface area contributed by atoms with Crippen molar-refractivity contribution in [2.24, 2.45) is 0 Å². The van der Waals surface area contributed by atoms with Crippen molar-refractivity contribution in [1.82, 2.24) is 4.98 Å². The smallest absolute Gasteiger partial charge is 0.182 e. The van der Waals surface area contributed by atoms with Crippen LogP contribution < -0.4 is 5.32 Å². The Labute approximate surface area is 98.2 Å². The number of anilines is 1. The predicted octanol–water partition coefficient (Wildman–Crippen LogP) is 3.51. The second-order valence-corrected chi connectivity index (χ2v) is 4.63. The van der Waals surface area contributed by atoms with Gasteiger partial charge in [-0.15, -0.1) is 11.3 Å². The second kappa shape index (κ2) is 4.61. The molecule has 2 aromatic rings. The van der Waals surface area contributed by atoms with Crippen LogP contribution in [-0.4, -0.2) is 4.98 Å². The van der Waals surface area contributed by atoms with Crippen LogP contribution in [-0.2, 0) is 6.54 Å². The molecule has 1 heterocycles. The van der Waals surface area contributed by atoms with E-state index >= 15 is 0 Å². The minimum absolute atomic E-state index is 0.113. The van der Waals surface area contributed by atoms with E-state index in [1.165, 1.54) is 0 Å². The van der Waals surface area contributed by atoms with E-state index in [0.29, 0.717) is 17.7 Å². The Morgan fingerprint density at radius 1 is 1.31 bits per heavy atom. The molecule has 1 aromatic heterocycles. The molecule has 84 valence electrons. The van der Waals surface area contributed by atoms with Gasteiger partial charge in [0.1, 0.15) is 5.82 Å². The summed E-state index contributed by atoms with van der Waals surface area (Å²) >= 11 is 1.56. The molecule has 0 atom stereocenters. The maximum atomic E-state index is 13.4. The normalized spacial score (nSPS) is 10.4. The van der Waals surface area contributed by atoms with Gasteiger partial charge in [-0.05, 0) is 30.5 Å². The lowest BCUT2D eigenvalue weighted by atomic mass is 10.1. The van der Waals surface area contributed by atoms with Crippen molar-refractivity contribution in [1.29, 1.82) is 0 Å². The van der Waals surface area contributed by atoms with Crippen LogP contribution in [0.15, 0.2) is 23.7 Å². The molecule has 0 bridgehead atoms. The van der Waals surface area contributed by atoms with Crippen LogP contribution in [0.2, 0.25) is 0 Å². The van der Waals surface area contributed by atoms with Gasteiger partial charge in [0.25, 0.3) is 0 Å². The van der Waals surface area contributed by atoms with E-state index in [-0.39, 0.29) is 5.82 Å². The molecule has 0 amide bonds. The van der Waals surface area contributed by atoms with Crippen LogP contribution in [0.1, 0.15) is 16.7 Å². The van der Waals surface area contributed by atoms with Gasteiger partial charge in [-0.3, -0.25) is 0 Å². The molecule has 16 heavy (non-hydrogen) atoms. The molecule has 0 aliphatic heterocycles. The Morgan fingerprint density at radius 3 is 2.56 bits per heavy atom. The van der Waals surface area contributed by atoms with Crippen LogP contribution in [0, 0.1) is 19.7 Å². The fourth-order valence-electron chi connectivity index (χ4n) is 1.63. The van der Waals surface area contributed by atoms with Gasteiger partial charge in [-0.25, -0.2) is 9.37 Å². The largest absolute Gasteiger partial charge is 0.357 e. The van der Waals surface area contributed by atoms with Crippen LogP contribution in [0.25, 0.3) is 0 Å². The van der Waals surface area contributed by atoms with Gasteiger partial charge in [0, 0.05) is 18.1 Å². The number of hydrogen-bond acceptors (Lipinski definition) is 3.